The summed E-state index contributed by atoms with van der Waals surface area (Å²) in [6.45, 7) is 14.6. The monoisotopic (exact) mass is 544 g/mol. The molecule has 9 heteroatoms. The molecule has 0 bridgehead atoms. The van der Waals surface area contributed by atoms with E-state index in [2.05, 4.69) is 13.2 Å². The number of aliphatic carboxylic acids is 1. The molecule has 8 nitrogen and oxygen atoms in total. The fraction of sp³-hybridized carbons (Fsp3) is 0.552. The van der Waals surface area contributed by atoms with Crippen LogP contribution >= 0.6 is 11.6 Å². The average Bonchev–Trinajstić information content (AvgIpc) is 3.10. The molecule has 38 heavy (non-hydrogen) atoms. The number of esters is 2. The number of ketones is 2. The maximum atomic E-state index is 13.2. The molecule has 0 radical (unpaired) electrons. The Morgan fingerprint density at radius 1 is 1.16 bits per heavy atom. The van der Waals surface area contributed by atoms with Gasteiger partial charge in [-0.3, -0.25) is 24.0 Å². The standard InChI is InChI=1S/C29H33ClO8/c1-14-15(2)28(6)20(12-22(14)33)21(30)11-18-19-9-10-29(16(3)31,38-17(4)32)27(19,5)13-23(26(18)28)37-25(36)8-7-24(34)35/h11-12,18-19,23,26H,1-2,7-10,13H2,3-6H3,(H,34,35)/t18-,19-,23?,26+,27-,28-,29-/m0/s1. The highest BCUT2D eigenvalue weighted by molar-refractivity contribution is 6.33. The summed E-state index contributed by atoms with van der Waals surface area (Å²) in [5, 5.41) is 9.45. The molecule has 2 saturated carbocycles. The Bertz CT molecular complexity index is 1240. The number of allylic oxidation sites excluding steroid dienone is 6. The number of carboxylic acids is 1. The Morgan fingerprint density at radius 2 is 1.82 bits per heavy atom. The Balaban J connectivity index is 1.90. The van der Waals surface area contributed by atoms with Gasteiger partial charge in [-0.1, -0.05) is 44.7 Å². The largest absolute Gasteiger partial charge is 0.481 e. The van der Waals surface area contributed by atoms with Gasteiger partial charge in [0.05, 0.1) is 12.8 Å². The topological polar surface area (TPSA) is 124 Å². The molecule has 0 aromatic carbocycles. The molecule has 204 valence electrons. The molecule has 4 aliphatic carbocycles. The quantitative estimate of drug-likeness (QED) is 0.383. The lowest BCUT2D eigenvalue weighted by atomic mass is 9.46. The minimum absolute atomic E-state index is 0.171. The van der Waals surface area contributed by atoms with Gasteiger partial charge in [0.2, 0.25) is 0 Å². The van der Waals surface area contributed by atoms with Crippen molar-refractivity contribution >= 4 is 41.1 Å². The third-order valence-corrected chi connectivity index (χ3v) is 9.88. The molecule has 0 spiro atoms. The number of fused-ring (bicyclic) bond motifs is 5. The number of ether oxygens (including phenoxy) is 2. The number of carboxylic acid groups (broad SMARTS) is 1. The smallest absolute Gasteiger partial charge is 0.306 e. The van der Waals surface area contributed by atoms with Crippen LogP contribution in [0.3, 0.4) is 0 Å². The first-order valence-electron chi connectivity index (χ1n) is 12.7. The first kappa shape index (κ1) is 28.0. The molecule has 0 saturated heterocycles. The van der Waals surface area contributed by atoms with Gasteiger partial charge >= 0.3 is 17.9 Å². The minimum atomic E-state index is -1.42. The van der Waals surface area contributed by atoms with Crippen LogP contribution in [0, 0.1) is 28.6 Å². The summed E-state index contributed by atoms with van der Waals surface area (Å²) in [5.41, 5.74) is -1.95. The van der Waals surface area contributed by atoms with Crippen molar-refractivity contribution in [3.8, 4) is 0 Å². The van der Waals surface area contributed by atoms with Crippen LogP contribution in [0.5, 0.6) is 0 Å². The summed E-state index contributed by atoms with van der Waals surface area (Å²) < 4.78 is 11.8. The molecule has 0 aliphatic heterocycles. The summed E-state index contributed by atoms with van der Waals surface area (Å²) in [5.74, 6) is -3.91. The molecule has 7 atom stereocenters. The normalized spacial score (nSPS) is 37.8. The highest BCUT2D eigenvalue weighted by Gasteiger charge is 2.71. The number of rotatable bonds is 6. The van der Waals surface area contributed by atoms with Crippen LogP contribution < -0.4 is 0 Å². The summed E-state index contributed by atoms with van der Waals surface area (Å²) in [6.07, 6.45) is 2.84. The van der Waals surface area contributed by atoms with E-state index in [-0.39, 0.29) is 41.8 Å². The van der Waals surface area contributed by atoms with E-state index < -0.39 is 52.8 Å². The van der Waals surface area contributed by atoms with E-state index in [1.807, 2.05) is 19.9 Å². The van der Waals surface area contributed by atoms with Gasteiger partial charge in [-0.05, 0) is 55.2 Å². The van der Waals surface area contributed by atoms with E-state index in [1.165, 1.54) is 19.9 Å². The van der Waals surface area contributed by atoms with Crippen LogP contribution in [-0.4, -0.2) is 46.3 Å². The number of Topliss-reactive ketones (excluding diaryl/α,β-unsaturated/α-hetero) is 1. The molecule has 2 fully saturated rings. The Morgan fingerprint density at radius 3 is 2.39 bits per heavy atom. The lowest BCUT2D eigenvalue weighted by Gasteiger charge is -2.60. The van der Waals surface area contributed by atoms with E-state index in [4.69, 9.17) is 26.2 Å². The highest BCUT2D eigenvalue weighted by Crippen LogP contribution is 2.69. The molecule has 1 N–H and O–H groups in total. The highest BCUT2D eigenvalue weighted by atomic mass is 35.5. The first-order valence-corrected chi connectivity index (χ1v) is 13.1. The van der Waals surface area contributed by atoms with E-state index >= 15 is 0 Å². The van der Waals surface area contributed by atoms with Crippen molar-refractivity contribution in [2.45, 2.75) is 71.5 Å². The lowest BCUT2D eigenvalue weighted by molar-refractivity contribution is -0.199. The predicted octanol–water partition coefficient (Wildman–Crippen LogP) is 4.47. The predicted molar refractivity (Wildman–Crippen MR) is 138 cm³/mol. The Labute approximate surface area is 226 Å². The fourth-order valence-corrected chi connectivity index (χ4v) is 8.18. The second-order valence-corrected chi connectivity index (χ2v) is 11.8. The van der Waals surface area contributed by atoms with Crippen LogP contribution in [-0.2, 0) is 33.4 Å². The zero-order valence-corrected chi connectivity index (χ0v) is 22.9. The summed E-state index contributed by atoms with van der Waals surface area (Å²) in [6, 6.07) is 0. The second kappa shape index (κ2) is 9.33. The minimum Gasteiger partial charge on any atom is -0.481 e. The second-order valence-electron chi connectivity index (χ2n) is 11.4. The van der Waals surface area contributed by atoms with E-state index in [9.17, 15) is 24.0 Å². The van der Waals surface area contributed by atoms with Gasteiger partial charge in [-0.25, -0.2) is 0 Å². The SMILES string of the molecule is C=C1C(=C)[C@@]2(C)C(=CC1=O)C(Cl)=C[C@@H]1[C@@H]2C(OC(=O)CCC(=O)O)C[C@@]2(C)[C@H]1CC[C@]2(OC(C)=O)C(C)=O. The van der Waals surface area contributed by atoms with Crippen molar-refractivity contribution < 1.29 is 38.6 Å². The molecule has 0 amide bonds. The molecule has 0 aromatic heterocycles. The maximum absolute atomic E-state index is 13.2. The molecule has 0 heterocycles. The fourth-order valence-electron chi connectivity index (χ4n) is 7.78. The van der Waals surface area contributed by atoms with E-state index in [1.54, 1.807) is 0 Å². The number of carbonyl (C=O) groups is 5. The molecule has 4 rings (SSSR count). The van der Waals surface area contributed by atoms with Gasteiger partial charge in [-0.15, -0.1) is 0 Å². The number of hydrogen-bond donors (Lipinski definition) is 1. The lowest BCUT2D eigenvalue weighted by Crippen LogP contribution is -2.62. The average molecular weight is 545 g/mol. The summed E-state index contributed by atoms with van der Waals surface area (Å²) in [7, 11) is 0. The molecule has 1 unspecified atom stereocenters. The third kappa shape index (κ3) is 3.91. The zero-order valence-electron chi connectivity index (χ0n) is 22.1. The van der Waals surface area contributed by atoms with Gasteiger partial charge in [0.25, 0.3) is 0 Å². The van der Waals surface area contributed by atoms with E-state index in [0.29, 0.717) is 29.0 Å². The van der Waals surface area contributed by atoms with Crippen molar-refractivity contribution in [3.05, 3.63) is 47.1 Å². The van der Waals surface area contributed by atoms with Crippen LogP contribution in [0.4, 0.5) is 0 Å². The number of halogens is 1. The van der Waals surface area contributed by atoms with Crippen LogP contribution in [0.25, 0.3) is 0 Å². The molecule has 0 aromatic rings. The summed E-state index contributed by atoms with van der Waals surface area (Å²) >= 11 is 6.81. The number of hydrogen-bond acceptors (Lipinski definition) is 7. The van der Waals surface area contributed by atoms with Crippen LogP contribution in [0.2, 0.25) is 0 Å². The van der Waals surface area contributed by atoms with Crippen molar-refractivity contribution in [1.82, 2.24) is 0 Å². The zero-order chi connectivity index (χ0) is 28.4. The number of carbonyl (C=O) groups excluding carboxylic acids is 4. The van der Waals surface area contributed by atoms with Gasteiger partial charge in [0, 0.05) is 34.3 Å². The van der Waals surface area contributed by atoms with Crippen molar-refractivity contribution in [2.75, 3.05) is 0 Å². The Kier molecular flexibility index (Phi) is 6.88. The van der Waals surface area contributed by atoms with Crippen molar-refractivity contribution in [2.24, 2.45) is 28.6 Å². The van der Waals surface area contributed by atoms with Crippen molar-refractivity contribution in [1.29, 1.82) is 0 Å². The van der Waals surface area contributed by atoms with Crippen LogP contribution in [0.15, 0.2) is 47.1 Å². The van der Waals surface area contributed by atoms with Gasteiger partial charge in [-0.2, -0.15) is 0 Å². The first-order chi connectivity index (χ1) is 17.6. The molecular weight excluding hydrogens is 512 g/mol. The van der Waals surface area contributed by atoms with Gasteiger partial charge < -0.3 is 14.6 Å². The van der Waals surface area contributed by atoms with E-state index in [0.717, 1.165) is 0 Å². The molecular formula is C29H33ClO8. The Hall–Kier alpha value is -3.00. The van der Waals surface area contributed by atoms with Gasteiger partial charge in [0.1, 0.15) is 6.10 Å². The third-order valence-electron chi connectivity index (χ3n) is 9.55. The van der Waals surface area contributed by atoms with Crippen molar-refractivity contribution in [3.63, 3.8) is 0 Å². The van der Waals surface area contributed by atoms with Gasteiger partial charge in [0.15, 0.2) is 17.2 Å². The van der Waals surface area contributed by atoms with Crippen LogP contribution in [0.1, 0.15) is 59.8 Å². The maximum Gasteiger partial charge on any atom is 0.306 e. The summed E-state index contributed by atoms with van der Waals surface area (Å²) in [4.78, 5) is 62.0. The molecule has 4 aliphatic rings.